The molecule has 0 amide bonds. The molecule has 2 aromatic carbocycles. The van der Waals surface area contributed by atoms with Crippen molar-refractivity contribution >= 4 is 22.3 Å². The van der Waals surface area contributed by atoms with Crippen molar-refractivity contribution in [3.8, 4) is 11.5 Å². The Bertz CT molecular complexity index is 891. The Kier molecular flexibility index (Phi) is 4.19. The summed E-state index contributed by atoms with van der Waals surface area (Å²) in [4.78, 5) is 10.9. The summed E-state index contributed by atoms with van der Waals surface area (Å²) >= 11 is 0. The van der Waals surface area contributed by atoms with Gasteiger partial charge in [-0.3, -0.25) is 15.2 Å². The predicted octanol–water partition coefficient (Wildman–Crippen LogP) is 3.10. The average molecular weight is 328 g/mol. The van der Waals surface area contributed by atoms with Gasteiger partial charge in [-0.1, -0.05) is 0 Å². The zero-order valence-electron chi connectivity index (χ0n) is 13.2. The molecule has 0 bridgehead atoms. The van der Waals surface area contributed by atoms with Crippen molar-refractivity contribution in [2.45, 2.75) is 6.54 Å². The molecular formula is C16H16N4O4. The number of nitro benzene ring substituents is 1. The molecule has 124 valence electrons. The number of aromatic amines is 1. The maximum absolute atomic E-state index is 11.3. The maximum atomic E-state index is 11.3. The Morgan fingerprint density at radius 2 is 1.96 bits per heavy atom. The SMILES string of the molecule is COc1cc(CNc2ccc3[nH]ncc3c2)c([N+](=O)[O-])cc1OC. The van der Waals surface area contributed by atoms with E-state index in [0.717, 1.165) is 16.6 Å². The van der Waals surface area contributed by atoms with Crippen molar-refractivity contribution in [3.05, 3.63) is 52.2 Å². The highest BCUT2D eigenvalue weighted by Crippen LogP contribution is 2.34. The molecule has 8 nitrogen and oxygen atoms in total. The van der Waals surface area contributed by atoms with E-state index in [1.807, 2.05) is 18.2 Å². The third-order valence-corrected chi connectivity index (χ3v) is 3.70. The first-order valence-corrected chi connectivity index (χ1v) is 7.18. The van der Waals surface area contributed by atoms with E-state index in [2.05, 4.69) is 15.5 Å². The predicted molar refractivity (Wildman–Crippen MR) is 89.6 cm³/mol. The summed E-state index contributed by atoms with van der Waals surface area (Å²) in [5.41, 5.74) is 2.25. The molecule has 8 heteroatoms. The van der Waals surface area contributed by atoms with Crippen LogP contribution in [-0.2, 0) is 6.54 Å². The number of methoxy groups -OCH3 is 2. The van der Waals surface area contributed by atoms with Crippen LogP contribution < -0.4 is 14.8 Å². The van der Waals surface area contributed by atoms with Gasteiger partial charge in [-0.05, 0) is 24.3 Å². The van der Waals surface area contributed by atoms with Gasteiger partial charge in [0.05, 0.1) is 42.5 Å². The van der Waals surface area contributed by atoms with Gasteiger partial charge in [-0.2, -0.15) is 5.10 Å². The van der Waals surface area contributed by atoms with Gasteiger partial charge in [0, 0.05) is 17.6 Å². The smallest absolute Gasteiger partial charge is 0.278 e. The lowest BCUT2D eigenvalue weighted by Crippen LogP contribution is -2.04. The summed E-state index contributed by atoms with van der Waals surface area (Å²) in [5.74, 6) is 0.776. The standard InChI is InChI=1S/C16H16N4O4/c1-23-15-6-11(14(20(21)22)7-16(15)24-2)8-17-12-3-4-13-10(5-12)9-18-19-13/h3-7,9,17H,8H2,1-2H3,(H,18,19). The average Bonchev–Trinajstić information content (AvgIpc) is 3.06. The van der Waals surface area contributed by atoms with E-state index >= 15 is 0 Å². The van der Waals surface area contributed by atoms with Crippen LogP contribution in [0.1, 0.15) is 5.56 Å². The second-order valence-electron chi connectivity index (χ2n) is 5.12. The number of nitrogens with zero attached hydrogens (tertiary/aromatic N) is 2. The molecule has 3 rings (SSSR count). The summed E-state index contributed by atoms with van der Waals surface area (Å²) in [5, 5.41) is 22.3. The van der Waals surface area contributed by atoms with Crippen molar-refractivity contribution in [1.82, 2.24) is 10.2 Å². The van der Waals surface area contributed by atoms with E-state index in [1.54, 1.807) is 12.3 Å². The highest BCUT2D eigenvalue weighted by molar-refractivity contribution is 5.81. The summed E-state index contributed by atoms with van der Waals surface area (Å²) in [6, 6.07) is 8.68. The van der Waals surface area contributed by atoms with Crippen LogP contribution in [-0.4, -0.2) is 29.3 Å². The number of hydrogen-bond acceptors (Lipinski definition) is 6. The fraction of sp³-hybridized carbons (Fsp3) is 0.188. The molecule has 0 saturated heterocycles. The zero-order valence-corrected chi connectivity index (χ0v) is 13.2. The fourth-order valence-corrected chi connectivity index (χ4v) is 2.47. The van der Waals surface area contributed by atoms with Gasteiger partial charge in [0.2, 0.25) is 0 Å². The molecule has 0 aliphatic carbocycles. The van der Waals surface area contributed by atoms with Crippen molar-refractivity contribution in [1.29, 1.82) is 0 Å². The number of fused-ring (bicyclic) bond motifs is 1. The molecule has 0 fully saturated rings. The highest BCUT2D eigenvalue weighted by Gasteiger charge is 2.19. The van der Waals surface area contributed by atoms with Crippen LogP contribution in [0.15, 0.2) is 36.5 Å². The van der Waals surface area contributed by atoms with Gasteiger partial charge in [0.15, 0.2) is 11.5 Å². The van der Waals surface area contributed by atoms with E-state index in [1.165, 1.54) is 20.3 Å². The lowest BCUT2D eigenvalue weighted by atomic mass is 10.1. The van der Waals surface area contributed by atoms with Crippen LogP contribution in [0.5, 0.6) is 11.5 Å². The van der Waals surface area contributed by atoms with E-state index in [4.69, 9.17) is 9.47 Å². The monoisotopic (exact) mass is 328 g/mol. The number of hydrogen-bond donors (Lipinski definition) is 2. The van der Waals surface area contributed by atoms with Gasteiger partial charge in [-0.15, -0.1) is 0 Å². The number of nitro groups is 1. The molecule has 0 aliphatic rings. The van der Waals surface area contributed by atoms with Crippen LogP contribution in [0.4, 0.5) is 11.4 Å². The number of benzene rings is 2. The lowest BCUT2D eigenvalue weighted by Gasteiger charge is -2.12. The van der Waals surface area contributed by atoms with Crippen molar-refractivity contribution in [2.75, 3.05) is 19.5 Å². The number of ether oxygens (including phenoxy) is 2. The molecule has 0 atom stereocenters. The van der Waals surface area contributed by atoms with Gasteiger partial charge in [-0.25, -0.2) is 0 Å². The Balaban J connectivity index is 1.88. The van der Waals surface area contributed by atoms with Crippen molar-refractivity contribution < 1.29 is 14.4 Å². The largest absolute Gasteiger partial charge is 0.493 e. The number of anilines is 1. The Morgan fingerprint density at radius 1 is 1.21 bits per heavy atom. The van der Waals surface area contributed by atoms with Gasteiger partial charge < -0.3 is 14.8 Å². The Labute approximate surface area is 137 Å². The maximum Gasteiger partial charge on any atom is 0.278 e. The minimum Gasteiger partial charge on any atom is -0.493 e. The minimum atomic E-state index is -0.432. The van der Waals surface area contributed by atoms with Gasteiger partial charge in [0.25, 0.3) is 5.69 Å². The van der Waals surface area contributed by atoms with E-state index < -0.39 is 4.92 Å². The van der Waals surface area contributed by atoms with Crippen molar-refractivity contribution in [2.24, 2.45) is 0 Å². The zero-order chi connectivity index (χ0) is 17.1. The normalized spacial score (nSPS) is 10.6. The molecule has 0 spiro atoms. The molecule has 0 radical (unpaired) electrons. The van der Waals surface area contributed by atoms with Crippen LogP contribution in [0.3, 0.4) is 0 Å². The highest BCUT2D eigenvalue weighted by atomic mass is 16.6. The van der Waals surface area contributed by atoms with Gasteiger partial charge >= 0.3 is 0 Å². The van der Waals surface area contributed by atoms with Crippen LogP contribution in [0.2, 0.25) is 0 Å². The molecule has 24 heavy (non-hydrogen) atoms. The molecule has 0 aliphatic heterocycles. The molecule has 0 unspecified atom stereocenters. The van der Waals surface area contributed by atoms with E-state index in [-0.39, 0.29) is 12.2 Å². The topological polar surface area (TPSA) is 102 Å². The first kappa shape index (κ1) is 15.6. The number of rotatable bonds is 6. The van der Waals surface area contributed by atoms with Crippen molar-refractivity contribution in [3.63, 3.8) is 0 Å². The number of aromatic nitrogens is 2. The first-order valence-electron chi connectivity index (χ1n) is 7.18. The summed E-state index contributed by atoms with van der Waals surface area (Å²) in [6.07, 6.45) is 1.72. The summed E-state index contributed by atoms with van der Waals surface area (Å²) < 4.78 is 10.3. The molecule has 0 saturated carbocycles. The molecule has 3 aromatic rings. The number of H-pyrrole nitrogens is 1. The Morgan fingerprint density at radius 3 is 2.67 bits per heavy atom. The number of nitrogens with one attached hydrogen (secondary N) is 2. The molecule has 2 N–H and O–H groups in total. The second-order valence-corrected chi connectivity index (χ2v) is 5.12. The summed E-state index contributed by atoms with van der Waals surface area (Å²) in [7, 11) is 2.94. The molecular weight excluding hydrogens is 312 g/mol. The lowest BCUT2D eigenvalue weighted by molar-refractivity contribution is -0.385. The molecule has 1 heterocycles. The van der Waals surface area contributed by atoms with Crippen LogP contribution in [0.25, 0.3) is 10.9 Å². The third kappa shape index (κ3) is 2.94. The molecule has 1 aromatic heterocycles. The minimum absolute atomic E-state index is 0.0236. The fourth-order valence-electron chi connectivity index (χ4n) is 2.47. The van der Waals surface area contributed by atoms with Crippen LogP contribution >= 0.6 is 0 Å². The van der Waals surface area contributed by atoms with Gasteiger partial charge in [0.1, 0.15) is 0 Å². The van der Waals surface area contributed by atoms with E-state index in [0.29, 0.717) is 17.1 Å². The summed E-state index contributed by atoms with van der Waals surface area (Å²) in [6.45, 7) is 0.278. The third-order valence-electron chi connectivity index (χ3n) is 3.70. The van der Waals surface area contributed by atoms with E-state index in [9.17, 15) is 10.1 Å². The first-order chi connectivity index (χ1) is 11.6. The Hall–Kier alpha value is -3.29. The quantitative estimate of drug-likeness (QED) is 0.532. The van der Waals surface area contributed by atoms with Crippen LogP contribution in [0, 0.1) is 10.1 Å². The second kappa shape index (κ2) is 6.45.